The summed E-state index contributed by atoms with van der Waals surface area (Å²) in [7, 11) is 0. The van der Waals surface area contributed by atoms with E-state index in [0.29, 0.717) is 19.0 Å². The lowest BCUT2D eigenvalue weighted by Crippen LogP contribution is -2.38. The zero-order valence-electron chi connectivity index (χ0n) is 14.6. The summed E-state index contributed by atoms with van der Waals surface area (Å²) in [6.45, 7) is 3.48. The molecule has 0 bridgehead atoms. The van der Waals surface area contributed by atoms with Crippen molar-refractivity contribution in [3.05, 3.63) is 46.6 Å². The van der Waals surface area contributed by atoms with E-state index in [0.717, 1.165) is 18.9 Å². The summed E-state index contributed by atoms with van der Waals surface area (Å²) in [4.78, 5) is 14.2. The molecule has 2 aromatic rings. The number of nitrogens with zero attached hydrogens (tertiary/aromatic N) is 3. The van der Waals surface area contributed by atoms with Crippen molar-refractivity contribution in [1.29, 1.82) is 0 Å². The smallest absolute Gasteiger partial charge is 0.338 e. The third-order valence-electron chi connectivity index (χ3n) is 4.50. The fraction of sp³-hybridized carbons (Fsp3) is 0.389. The number of amides is 1. The van der Waals surface area contributed by atoms with Gasteiger partial charge >= 0.3 is 6.18 Å². The summed E-state index contributed by atoms with van der Waals surface area (Å²) in [5.74, 6) is 0.476. The first-order valence-corrected chi connectivity index (χ1v) is 8.88. The van der Waals surface area contributed by atoms with E-state index in [1.165, 1.54) is 24.3 Å². The highest BCUT2D eigenvalue weighted by Crippen LogP contribution is 2.37. The van der Waals surface area contributed by atoms with Gasteiger partial charge < -0.3 is 10.2 Å². The number of alkyl halides is 3. The van der Waals surface area contributed by atoms with Crippen LogP contribution < -0.4 is 5.32 Å². The highest BCUT2D eigenvalue weighted by atomic mass is 35.5. The number of hydrogen-bond acceptors (Lipinski definition) is 4. The number of carbonyl (C=O) groups excluding carboxylic acids is 1. The molecule has 5 nitrogen and oxygen atoms in total. The Balaban J connectivity index is 1.74. The first kappa shape index (κ1) is 19.4. The van der Waals surface area contributed by atoms with Gasteiger partial charge in [-0.2, -0.15) is 13.2 Å². The van der Waals surface area contributed by atoms with Crippen molar-refractivity contribution in [2.24, 2.45) is 5.92 Å². The van der Waals surface area contributed by atoms with E-state index in [-0.39, 0.29) is 28.1 Å². The minimum atomic E-state index is -4.57. The van der Waals surface area contributed by atoms with Gasteiger partial charge in [-0.05, 0) is 49.1 Å². The van der Waals surface area contributed by atoms with E-state index in [4.69, 9.17) is 11.6 Å². The van der Waals surface area contributed by atoms with Crippen LogP contribution in [0, 0.1) is 5.92 Å². The molecule has 144 valence electrons. The van der Waals surface area contributed by atoms with Crippen molar-refractivity contribution in [1.82, 2.24) is 15.1 Å². The standard InChI is InChI=1S/C18H18ClF3N4O/c1-11-6-8-26(9-7-11)17(27)15-4-5-16(25-24-15)23-14-3-2-12(19)10-13(14)18(20,21)22/h2-5,10-11H,6-9H2,1H3,(H,23,25). The molecule has 0 saturated carbocycles. The molecule has 0 unspecified atom stereocenters. The number of hydrogen-bond donors (Lipinski definition) is 1. The molecule has 27 heavy (non-hydrogen) atoms. The lowest BCUT2D eigenvalue weighted by atomic mass is 9.99. The molecule has 1 amide bonds. The summed E-state index contributed by atoms with van der Waals surface area (Å²) in [6, 6.07) is 6.30. The number of halogens is 4. The first-order chi connectivity index (χ1) is 12.7. The molecule has 0 radical (unpaired) electrons. The molecule has 9 heteroatoms. The summed E-state index contributed by atoms with van der Waals surface area (Å²) in [5, 5.41) is 10.3. The molecule has 3 rings (SSSR count). The van der Waals surface area contributed by atoms with E-state index in [2.05, 4.69) is 22.4 Å². The minimum Gasteiger partial charge on any atom is -0.338 e. The van der Waals surface area contributed by atoms with Crippen LogP contribution in [0.2, 0.25) is 5.02 Å². The monoisotopic (exact) mass is 398 g/mol. The van der Waals surface area contributed by atoms with E-state index in [9.17, 15) is 18.0 Å². The number of aromatic nitrogens is 2. The van der Waals surface area contributed by atoms with E-state index in [1.807, 2.05) is 0 Å². The average Bonchev–Trinajstić information content (AvgIpc) is 2.63. The number of rotatable bonds is 3. The largest absolute Gasteiger partial charge is 0.418 e. The van der Waals surface area contributed by atoms with Crippen LogP contribution in [-0.4, -0.2) is 34.1 Å². The van der Waals surface area contributed by atoms with Gasteiger partial charge in [-0.1, -0.05) is 18.5 Å². The Labute approximate surface area is 159 Å². The number of piperidine rings is 1. The van der Waals surface area contributed by atoms with Crippen LogP contribution in [0.1, 0.15) is 35.8 Å². The average molecular weight is 399 g/mol. The quantitative estimate of drug-likeness (QED) is 0.809. The fourth-order valence-electron chi connectivity index (χ4n) is 2.88. The van der Waals surface area contributed by atoms with Crippen molar-refractivity contribution in [2.75, 3.05) is 18.4 Å². The summed E-state index contributed by atoms with van der Waals surface area (Å²) in [5.41, 5.74) is -0.924. The van der Waals surface area contributed by atoms with Crippen molar-refractivity contribution in [2.45, 2.75) is 25.9 Å². The number of anilines is 2. The maximum absolute atomic E-state index is 13.1. The van der Waals surface area contributed by atoms with Crippen LogP contribution in [0.3, 0.4) is 0 Å². The van der Waals surface area contributed by atoms with Crippen molar-refractivity contribution in [3.8, 4) is 0 Å². The number of benzene rings is 1. The SMILES string of the molecule is CC1CCN(C(=O)c2ccc(Nc3ccc(Cl)cc3C(F)(F)F)nn2)CC1. The highest BCUT2D eigenvalue weighted by Gasteiger charge is 2.34. The number of carbonyl (C=O) groups is 1. The van der Waals surface area contributed by atoms with Gasteiger partial charge in [0.15, 0.2) is 11.5 Å². The normalized spacial score (nSPS) is 15.7. The van der Waals surface area contributed by atoms with Gasteiger partial charge in [0.05, 0.1) is 11.3 Å². The topological polar surface area (TPSA) is 58.1 Å². The van der Waals surface area contributed by atoms with Crippen LogP contribution in [-0.2, 0) is 6.18 Å². The second-order valence-corrected chi connectivity index (χ2v) is 7.03. The van der Waals surface area contributed by atoms with E-state index >= 15 is 0 Å². The highest BCUT2D eigenvalue weighted by molar-refractivity contribution is 6.30. The van der Waals surface area contributed by atoms with Crippen LogP contribution in [0.4, 0.5) is 24.7 Å². The zero-order chi connectivity index (χ0) is 19.6. The van der Waals surface area contributed by atoms with Crippen molar-refractivity contribution in [3.63, 3.8) is 0 Å². The third-order valence-corrected chi connectivity index (χ3v) is 4.74. The molecule has 1 aromatic carbocycles. The van der Waals surface area contributed by atoms with Crippen molar-refractivity contribution < 1.29 is 18.0 Å². The summed E-state index contributed by atoms with van der Waals surface area (Å²) >= 11 is 5.67. The van der Waals surface area contributed by atoms with Gasteiger partial charge in [0.1, 0.15) is 0 Å². The summed E-state index contributed by atoms with van der Waals surface area (Å²) in [6.07, 6.45) is -2.69. The maximum atomic E-state index is 13.1. The van der Waals surface area contributed by atoms with Gasteiger partial charge in [-0.25, -0.2) is 0 Å². The van der Waals surface area contributed by atoms with Crippen molar-refractivity contribution >= 4 is 29.0 Å². The number of nitrogens with one attached hydrogen (secondary N) is 1. The Morgan fingerprint density at radius 2 is 1.89 bits per heavy atom. The van der Waals surface area contributed by atoms with Gasteiger partial charge in [0, 0.05) is 18.1 Å². The Bertz CT molecular complexity index is 818. The lowest BCUT2D eigenvalue weighted by Gasteiger charge is -2.29. The third kappa shape index (κ3) is 4.68. The molecule has 0 spiro atoms. The first-order valence-electron chi connectivity index (χ1n) is 8.51. The molecular weight excluding hydrogens is 381 g/mol. The van der Waals surface area contributed by atoms with Crippen LogP contribution in [0.15, 0.2) is 30.3 Å². The minimum absolute atomic E-state index is 0.0178. The van der Waals surface area contributed by atoms with E-state index in [1.54, 1.807) is 4.90 Å². The van der Waals surface area contributed by atoms with E-state index < -0.39 is 11.7 Å². The molecule has 1 aliphatic rings. The fourth-order valence-corrected chi connectivity index (χ4v) is 3.06. The predicted molar refractivity (Wildman–Crippen MR) is 96.1 cm³/mol. The van der Waals surface area contributed by atoms with Gasteiger partial charge in [-0.15, -0.1) is 10.2 Å². The maximum Gasteiger partial charge on any atom is 0.418 e. The lowest BCUT2D eigenvalue weighted by molar-refractivity contribution is -0.136. The molecule has 1 aliphatic heterocycles. The molecular formula is C18H18ClF3N4O. The molecule has 1 N–H and O–H groups in total. The molecule has 0 atom stereocenters. The Kier molecular flexibility index (Phi) is 5.55. The predicted octanol–water partition coefficient (Wildman–Crippen LogP) is 4.76. The second-order valence-electron chi connectivity index (χ2n) is 6.59. The molecule has 1 aromatic heterocycles. The van der Waals surface area contributed by atoms with Crippen LogP contribution in [0.5, 0.6) is 0 Å². The zero-order valence-corrected chi connectivity index (χ0v) is 15.3. The van der Waals surface area contributed by atoms with Gasteiger partial charge in [-0.3, -0.25) is 4.79 Å². The van der Waals surface area contributed by atoms with Gasteiger partial charge in [0.25, 0.3) is 5.91 Å². The molecule has 2 heterocycles. The molecule has 1 saturated heterocycles. The van der Waals surface area contributed by atoms with Gasteiger partial charge in [0.2, 0.25) is 0 Å². The molecule has 0 aliphatic carbocycles. The van der Waals surface area contributed by atoms with Crippen LogP contribution >= 0.6 is 11.6 Å². The Morgan fingerprint density at radius 3 is 2.48 bits per heavy atom. The number of likely N-dealkylation sites (tertiary alicyclic amines) is 1. The Hall–Kier alpha value is -2.35. The Morgan fingerprint density at radius 1 is 1.19 bits per heavy atom. The molecule has 1 fully saturated rings. The summed E-state index contributed by atoms with van der Waals surface area (Å²) < 4.78 is 39.4. The second kappa shape index (κ2) is 7.72. The van der Waals surface area contributed by atoms with Crippen LogP contribution in [0.25, 0.3) is 0 Å².